The third kappa shape index (κ3) is 4.51. The van der Waals surface area contributed by atoms with Crippen LogP contribution in [0.1, 0.15) is 64.9 Å². The van der Waals surface area contributed by atoms with Crippen LogP contribution in [-0.4, -0.2) is 45.2 Å². The van der Waals surface area contributed by atoms with Crippen LogP contribution in [0.2, 0.25) is 0 Å². The monoisotopic (exact) mass is 483 g/mol. The maximum Gasteiger partial charge on any atom is 0.304 e. The number of carbonyl (C=O) groups is 3. The molecule has 0 N–H and O–H groups in total. The molecule has 1 amide bonds. The van der Waals surface area contributed by atoms with E-state index >= 15 is 0 Å². The summed E-state index contributed by atoms with van der Waals surface area (Å²) < 4.78 is 11.7. The number of esters is 2. The lowest BCUT2D eigenvalue weighted by molar-refractivity contribution is -0.164. The summed E-state index contributed by atoms with van der Waals surface area (Å²) in [6.07, 6.45) is 7.80. The highest BCUT2D eigenvalue weighted by Crippen LogP contribution is 2.62. The third-order valence-corrected chi connectivity index (χ3v) is 9.56. The van der Waals surface area contributed by atoms with Crippen LogP contribution in [0.3, 0.4) is 0 Å². The van der Waals surface area contributed by atoms with Crippen LogP contribution in [-0.2, 0) is 23.9 Å². The molecule has 4 aliphatic carbocycles. The minimum atomic E-state index is -0.865. The number of thioether (sulfide) groups is 1. The van der Waals surface area contributed by atoms with Gasteiger partial charge in [-0.2, -0.15) is 0 Å². The summed E-state index contributed by atoms with van der Waals surface area (Å²) in [6.45, 7) is 4.27. The zero-order chi connectivity index (χ0) is 24.0. The van der Waals surface area contributed by atoms with Crippen molar-refractivity contribution in [3.63, 3.8) is 0 Å². The van der Waals surface area contributed by atoms with Crippen LogP contribution < -0.4 is 0 Å². The average molecular weight is 484 g/mol. The Hall–Kier alpha value is -2.28. The van der Waals surface area contributed by atoms with E-state index < -0.39 is 23.7 Å². The highest BCUT2D eigenvalue weighted by molar-refractivity contribution is 8.01. The van der Waals surface area contributed by atoms with Crippen LogP contribution in [0.25, 0.3) is 5.57 Å². The van der Waals surface area contributed by atoms with Crippen molar-refractivity contribution in [2.75, 3.05) is 0 Å². The number of benzene rings is 1. The van der Waals surface area contributed by atoms with E-state index in [-0.39, 0.29) is 16.6 Å². The molecular formula is C27H33NO5S. The lowest BCUT2D eigenvalue weighted by atomic mass is 9.56. The molecule has 4 saturated carbocycles. The lowest BCUT2D eigenvalue weighted by Crippen LogP contribution is -2.58. The lowest BCUT2D eigenvalue weighted by Gasteiger charge is -2.58. The van der Waals surface area contributed by atoms with Crippen LogP contribution in [0, 0.1) is 17.8 Å². The number of amides is 1. The van der Waals surface area contributed by atoms with Crippen LogP contribution in [0.5, 0.6) is 0 Å². The first-order valence-electron chi connectivity index (χ1n) is 12.3. The molecule has 4 fully saturated rings. The van der Waals surface area contributed by atoms with E-state index in [1.165, 1.54) is 40.0 Å². The Labute approximate surface area is 205 Å². The normalized spacial score (nSPS) is 36.1. The van der Waals surface area contributed by atoms with Crippen molar-refractivity contribution < 1.29 is 23.9 Å². The standard InChI is InChI=1S/C27H33NO5S/c1-16(29)28-25(33-18(3)31)23(22-7-5-4-6-8-22)12-24(32-17(2)30)26(28)34-27-13-19-9-20(14-27)11-21(10-19)15-27/h4-8,12,19-21,24-26H,9-11,13-15H2,1-3H3/t19?,20?,21?,24-,25-,26+,27?/m1/s1. The number of rotatable bonds is 5. The van der Waals surface area contributed by atoms with Gasteiger partial charge < -0.3 is 9.47 Å². The van der Waals surface area contributed by atoms with Crippen molar-refractivity contribution in [3.05, 3.63) is 42.0 Å². The van der Waals surface area contributed by atoms with Crippen LogP contribution in [0.4, 0.5) is 0 Å². The molecule has 1 aromatic carbocycles. The van der Waals surface area contributed by atoms with Gasteiger partial charge in [0, 0.05) is 31.1 Å². The van der Waals surface area contributed by atoms with Gasteiger partial charge in [-0.1, -0.05) is 30.3 Å². The molecule has 4 bridgehead atoms. The molecule has 0 saturated heterocycles. The molecule has 0 spiro atoms. The van der Waals surface area contributed by atoms with Gasteiger partial charge in [0.15, 0.2) is 6.10 Å². The predicted octanol–water partition coefficient (Wildman–Crippen LogP) is 4.78. The molecule has 1 aliphatic heterocycles. The quantitative estimate of drug-likeness (QED) is 0.561. The number of carbonyl (C=O) groups excluding carboxylic acids is 3. The molecule has 0 aromatic heterocycles. The fourth-order valence-corrected chi connectivity index (χ4v) is 9.26. The van der Waals surface area contributed by atoms with Crippen molar-refractivity contribution in [1.29, 1.82) is 0 Å². The number of hydrogen-bond acceptors (Lipinski definition) is 6. The van der Waals surface area contributed by atoms with E-state index in [2.05, 4.69) is 0 Å². The SMILES string of the molecule is CC(=O)O[C@@H]1C(c2ccccc2)=C[C@@H](OC(C)=O)[C@H](SC23CC4CC(CC(C4)C2)C3)N1C(C)=O. The fraction of sp³-hybridized carbons (Fsp3) is 0.593. The van der Waals surface area contributed by atoms with Gasteiger partial charge in [0.05, 0.1) is 0 Å². The molecule has 34 heavy (non-hydrogen) atoms. The fourth-order valence-electron chi connectivity index (χ4n) is 7.11. The Balaban J connectivity index is 1.57. The van der Waals surface area contributed by atoms with Crippen LogP contribution >= 0.6 is 11.8 Å². The Kier molecular flexibility index (Phi) is 6.25. The topological polar surface area (TPSA) is 72.9 Å². The van der Waals surface area contributed by atoms with Gasteiger partial charge in [0.1, 0.15) is 5.37 Å². The molecule has 1 aromatic rings. The first-order chi connectivity index (χ1) is 16.2. The molecule has 182 valence electrons. The second kappa shape index (κ2) is 9.06. The molecule has 6 nitrogen and oxygen atoms in total. The van der Waals surface area contributed by atoms with E-state index in [0.29, 0.717) is 5.57 Å². The maximum atomic E-state index is 13.1. The Morgan fingerprint density at radius 2 is 1.44 bits per heavy atom. The minimum Gasteiger partial charge on any atom is -0.455 e. The molecule has 1 heterocycles. The van der Waals surface area contributed by atoms with Crippen LogP contribution in [0.15, 0.2) is 36.4 Å². The molecule has 7 heteroatoms. The summed E-state index contributed by atoms with van der Waals surface area (Å²) in [5.41, 5.74) is 1.50. The average Bonchev–Trinajstić information content (AvgIpc) is 2.74. The van der Waals surface area contributed by atoms with Crippen molar-refractivity contribution in [2.24, 2.45) is 17.8 Å². The van der Waals surface area contributed by atoms with Gasteiger partial charge in [-0.3, -0.25) is 19.3 Å². The summed E-state index contributed by atoms with van der Waals surface area (Å²) >= 11 is 1.78. The predicted molar refractivity (Wildman–Crippen MR) is 130 cm³/mol. The summed E-state index contributed by atoms with van der Waals surface area (Å²) in [5.74, 6) is 1.20. The van der Waals surface area contributed by atoms with E-state index in [1.807, 2.05) is 36.4 Å². The Morgan fingerprint density at radius 3 is 1.94 bits per heavy atom. The highest BCUT2D eigenvalue weighted by Gasteiger charge is 2.55. The largest absolute Gasteiger partial charge is 0.455 e. The van der Waals surface area contributed by atoms with E-state index in [9.17, 15) is 14.4 Å². The van der Waals surface area contributed by atoms with Crippen molar-refractivity contribution in [2.45, 2.75) is 81.7 Å². The summed E-state index contributed by atoms with van der Waals surface area (Å²) in [7, 11) is 0. The van der Waals surface area contributed by atoms with E-state index in [0.717, 1.165) is 42.6 Å². The van der Waals surface area contributed by atoms with Gasteiger partial charge >= 0.3 is 11.9 Å². The Bertz CT molecular complexity index is 970. The van der Waals surface area contributed by atoms with Gasteiger partial charge in [-0.25, -0.2) is 0 Å². The summed E-state index contributed by atoms with van der Waals surface area (Å²) in [4.78, 5) is 39.1. The Morgan fingerprint density at radius 1 is 0.882 bits per heavy atom. The first kappa shape index (κ1) is 23.5. The number of hydrogen-bond donors (Lipinski definition) is 0. The van der Waals surface area contributed by atoms with Crippen molar-refractivity contribution >= 4 is 35.2 Å². The first-order valence-corrected chi connectivity index (χ1v) is 13.2. The molecule has 0 unspecified atom stereocenters. The van der Waals surface area contributed by atoms with E-state index in [1.54, 1.807) is 16.7 Å². The maximum absolute atomic E-state index is 13.1. The minimum absolute atomic E-state index is 0.0738. The van der Waals surface area contributed by atoms with Crippen molar-refractivity contribution in [1.82, 2.24) is 4.90 Å². The molecule has 5 aliphatic rings. The second-order valence-corrected chi connectivity index (χ2v) is 12.1. The number of ether oxygens (including phenoxy) is 2. The van der Waals surface area contributed by atoms with Gasteiger partial charge in [0.2, 0.25) is 12.1 Å². The second-order valence-electron chi connectivity index (χ2n) is 10.6. The summed E-state index contributed by atoms with van der Waals surface area (Å²) in [6, 6.07) is 9.54. The molecular weight excluding hydrogens is 450 g/mol. The molecule has 3 atom stereocenters. The van der Waals surface area contributed by atoms with E-state index in [4.69, 9.17) is 9.47 Å². The smallest absolute Gasteiger partial charge is 0.304 e. The third-order valence-electron chi connectivity index (χ3n) is 7.82. The zero-order valence-corrected chi connectivity index (χ0v) is 20.9. The molecule has 0 radical (unpaired) electrons. The zero-order valence-electron chi connectivity index (χ0n) is 20.1. The van der Waals surface area contributed by atoms with Gasteiger partial charge in [-0.15, -0.1) is 11.8 Å². The molecule has 6 rings (SSSR count). The highest BCUT2D eigenvalue weighted by atomic mass is 32.2. The van der Waals surface area contributed by atoms with Crippen molar-refractivity contribution in [3.8, 4) is 0 Å². The van der Waals surface area contributed by atoms with Gasteiger partial charge in [-0.05, 0) is 67.9 Å². The summed E-state index contributed by atoms with van der Waals surface area (Å²) in [5, 5.41) is -0.450. The number of nitrogens with zero attached hydrogens (tertiary/aromatic N) is 1. The van der Waals surface area contributed by atoms with Gasteiger partial charge in [0.25, 0.3) is 0 Å².